The lowest BCUT2D eigenvalue weighted by Gasteiger charge is -2.12. The Morgan fingerprint density at radius 3 is 1.32 bits per heavy atom. The van der Waals surface area contributed by atoms with E-state index in [1.54, 1.807) is 0 Å². The molecule has 0 unspecified atom stereocenters. The predicted octanol–water partition coefficient (Wildman–Crippen LogP) is 11.1. The van der Waals surface area contributed by atoms with Crippen LogP contribution in [0.4, 0.5) is 0 Å². The maximum absolute atomic E-state index is 5.15. The number of hydrogen-bond acceptors (Lipinski definition) is 3. The number of para-hydroxylation sites is 1. The maximum Gasteiger partial charge on any atom is 0.238 e. The van der Waals surface area contributed by atoms with E-state index in [2.05, 4.69) is 112 Å². The molecule has 5 heteroatoms. The number of benzene rings is 8. The van der Waals surface area contributed by atoms with Crippen LogP contribution in [0.2, 0.25) is 0 Å². The van der Waals surface area contributed by atoms with E-state index in [0.29, 0.717) is 17.6 Å². The molecular weight excluding hydrogens is 611 g/mol. The molecule has 0 fully saturated rings. The molecule has 0 N–H and O–H groups in total. The zero-order valence-electron chi connectivity index (χ0n) is 26.8. The van der Waals surface area contributed by atoms with Gasteiger partial charge in [-0.15, -0.1) is 0 Å². The van der Waals surface area contributed by atoms with Crippen molar-refractivity contribution in [1.29, 1.82) is 0 Å². The van der Waals surface area contributed by atoms with Gasteiger partial charge in [-0.05, 0) is 51.9 Å². The van der Waals surface area contributed by atoms with E-state index < -0.39 is 0 Å². The quantitative estimate of drug-likeness (QED) is 0.180. The third-order valence-electron chi connectivity index (χ3n) is 10.1. The Morgan fingerprint density at radius 2 is 0.740 bits per heavy atom. The van der Waals surface area contributed by atoms with Gasteiger partial charge in [0.05, 0.1) is 27.8 Å². The first kappa shape index (κ1) is 27.1. The molecule has 0 aliphatic rings. The van der Waals surface area contributed by atoms with Crippen molar-refractivity contribution in [2.75, 3.05) is 0 Å². The molecule has 5 nitrogen and oxygen atoms in total. The fraction of sp³-hybridized carbons (Fsp3) is 0. The largest absolute Gasteiger partial charge is 0.308 e. The second-order valence-corrected chi connectivity index (χ2v) is 12.8. The first-order valence-corrected chi connectivity index (χ1v) is 16.9. The summed E-state index contributed by atoms with van der Waals surface area (Å²) in [5.74, 6) is 1.86. The standard InChI is InChI=1S/C45H27N5/c1-3-14-28(15-4-1)43-46-44(29-16-5-2-6-17-29)48-45(47-43)50-35-23-10-9-20-34(35)40-36(26-13-27-37(40)50)49-38-24-11-21-32-30-18-7-8-19-31(30)33-22-12-25-39(49)42(33)41(32)38/h1-27H. The van der Waals surface area contributed by atoms with Crippen LogP contribution in [0.5, 0.6) is 0 Å². The minimum absolute atomic E-state index is 0.584. The zero-order chi connectivity index (χ0) is 32.8. The molecule has 3 heterocycles. The summed E-state index contributed by atoms with van der Waals surface area (Å²) >= 11 is 0. The molecule has 11 rings (SSSR count). The van der Waals surface area contributed by atoms with Gasteiger partial charge in [-0.1, -0.05) is 133 Å². The average molecular weight is 638 g/mol. The second kappa shape index (κ2) is 10.3. The Balaban J connectivity index is 1.26. The number of rotatable bonds is 4. The normalized spacial score (nSPS) is 12.0. The number of aromatic nitrogens is 5. The van der Waals surface area contributed by atoms with Gasteiger partial charge in [0.1, 0.15) is 0 Å². The van der Waals surface area contributed by atoms with Gasteiger partial charge in [-0.2, -0.15) is 9.97 Å². The van der Waals surface area contributed by atoms with Gasteiger partial charge in [-0.25, -0.2) is 4.98 Å². The van der Waals surface area contributed by atoms with Gasteiger partial charge in [-0.3, -0.25) is 4.57 Å². The van der Waals surface area contributed by atoms with Crippen LogP contribution >= 0.6 is 0 Å². The topological polar surface area (TPSA) is 48.5 Å². The number of fused-ring (bicyclic) bond motifs is 6. The molecule has 0 bridgehead atoms. The summed E-state index contributed by atoms with van der Waals surface area (Å²) in [5, 5.41) is 10.0. The summed E-state index contributed by atoms with van der Waals surface area (Å²) in [5.41, 5.74) is 7.48. The van der Waals surface area contributed by atoms with Crippen LogP contribution in [0.1, 0.15) is 0 Å². The Labute approximate surface area is 286 Å². The van der Waals surface area contributed by atoms with E-state index in [-0.39, 0.29) is 0 Å². The molecule has 0 saturated heterocycles. The van der Waals surface area contributed by atoms with Crippen molar-refractivity contribution >= 4 is 65.2 Å². The van der Waals surface area contributed by atoms with Crippen molar-refractivity contribution in [3.63, 3.8) is 0 Å². The second-order valence-electron chi connectivity index (χ2n) is 12.8. The minimum atomic E-state index is 0.584. The highest BCUT2D eigenvalue weighted by Crippen LogP contribution is 2.45. The Kier molecular flexibility index (Phi) is 5.60. The monoisotopic (exact) mass is 637 g/mol. The first-order chi connectivity index (χ1) is 24.8. The molecule has 0 radical (unpaired) electrons. The maximum atomic E-state index is 5.15. The Hall–Kier alpha value is -6.85. The fourth-order valence-corrected chi connectivity index (χ4v) is 8.07. The summed E-state index contributed by atoms with van der Waals surface area (Å²) in [6, 6.07) is 57.7. The van der Waals surface area contributed by atoms with Crippen molar-refractivity contribution in [3.05, 3.63) is 164 Å². The van der Waals surface area contributed by atoms with Gasteiger partial charge in [0, 0.05) is 32.7 Å². The van der Waals surface area contributed by atoms with E-state index >= 15 is 0 Å². The Morgan fingerprint density at radius 1 is 0.300 bits per heavy atom. The molecule has 3 aromatic heterocycles. The molecule has 8 aromatic carbocycles. The van der Waals surface area contributed by atoms with Crippen LogP contribution in [0.25, 0.3) is 99.6 Å². The minimum Gasteiger partial charge on any atom is -0.308 e. The molecule has 50 heavy (non-hydrogen) atoms. The third-order valence-corrected chi connectivity index (χ3v) is 10.1. The Bertz CT molecular complexity index is 2940. The summed E-state index contributed by atoms with van der Waals surface area (Å²) in [7, 11) is 0. The highest BCUT2D eigenvalue weighted by molar-refractivity contribution is 6.34. The summed E-state index contributed by atoms with van der Waals surface area (Å²) < 4.78 is 4.66. The van der Waals surface area contributed by atoms with E-state index in [9.17, 15) is 0 Å². The van der Waals surface area contributed by atoms with Crippen molar-refractivity contribution in [2.45, 2.75) is 0 Å². The first-order valence-electron chi connectivity index (χ1n) is 16.9. The smallest absolute Gasteiger partial charge is 0.238 e. The van der Waals surface area contributed by atoms with E-state index in [1.807, 2.05) is 60.7 Å². The van der Waals surface area contributed by atoms with E-state index in [4.69, 9.17) is 15.0 Å². The lowest BCUT2D eigenvalue weighted by atomic mass is 9.95. The molecule has 0 spiro atoms. The van der Waals surface area contributed by atoms with Gasteiger partial charge >= 0.3 is 0 Å². The average Bonchev–Trinajstić information content (AvgIpc) is 3.72. The van der Waals surface area contributed by atoms with Gasteiger partial charge in [0.25, 0.3) is 0 Å². The van der Waals surface area contributed by atoms with E-state index in [1.165, 1.54) is 43.4 Å². The predicted molar refractivity (Wildman–Crippen MR) is 206 cm³/mol. The van der Waals surface area contributed by atoms with Crippen LogP contribution < -0.4 is 0 Å². The van der Waals surface area contributed by atoms with Crippen molar-refractivity contribution < 1.29 is 0 Å². The number of hydrogen-bond donors (Lipinski definition) is 0. The molecule has 0 amide bonds. The van der Waals surface area contributed by atoms with Crippen molar-refractivity contribution in [3.8, 4) is 34.4 Å². The summed E-state index contributed by atoms with van der Waals surface area (Å²) in [6.45, 7) is 0. The lowest BCUT2D eigenvalue weighted by molar-refractivity contribution is 0.953. The SMILES string of the molecule is c1ccc(-c2nc(-c3ccccc3)nc(-n3c4ccccc4c4c(-n5c6cccc7c8ccccc8c8cccc5c8c76)cccc43)n2)cc1. The molecule has 0 saturated carbocycles. The zero-order valence-corrected chi connectivity index (χ0v) is 26.8. The van der Waals surface area contributed by atoms with Gasteiger partial charge < -0.3 is 4.57 Å². The van der Waals surface area contributed by atoms with Crippen LogP contribution in [-0.4, -0.2) is 24.1 Å². The molecule has 0 atom stereocenters. The molecule has 0 aliphatic carbocycles. The fourth-order valence-electron chi connectivity index (χ4n) is 8.07. The van der Waals surface area contributed by atoms with Crippen LogP contribution in [0.15, 0.2) is 164 Å². The van der Waals surface area contributed by atoms with Crippen LogP contribution in [0.3, 0.4) is 0 Å². The highest BCUT2D eigenvalue weighted by Gasteiger charge is 2.23. The number of nitrogens with zero attached hydrogens (tertiary/aromatic N) is 5. The van der Waals surface area contributed by atoms with Crippen molar-refractivity contribution in [1.82, 2.24) is 24.1 Å². The third kappa shape index (κ3) is 3.74. The molecular formula is C45H27N5. The van der Waals surface area contributed by atoms with Crippen LogP contribution in [0, 0.1) is 0 Å². The molecule has 232 valence electrons. The highest BCUT2D eigenvalue weighted by atomic mass is 15.2. The molecule has 0 aliphatic heterocycles. The van der Waals surface area contributed by atoms with Gasteiger partial charge in [0.2, 0.25) is 5.95 Å². The lowest BCUT2D eigenvalue weighted by Crippen LogP contribution is -2.06. The van der Waals surface area contributed by atoms with E-state index in [0.717, 1.165) is 38.6 Å². The molecule has 11 aromatic rings. The van der Waals surface area contributed by atoms with Crippen molar-refractivity contribution in [2.24, 2.45) is 0 Å². The van der Waals surface area contributed by atoms with Crippen LogP contribution in [-0.2, 0) is 0 Å². The van der Waals surface area contributed by atoms with Gasteiger partial charge in [0.15, 0.2) is 11.6 Å². The summed E-state index contributed by atoms with van der Waals surface area (Å²) in [4.78, 5) is 15.3. The summed E-state index contributed by atoms with van der Waals surface area (Å²) in [6.07, 6.45) is 0.